The van der Waals surface area contributed by atoms with Gasteiger partial charge in [-0.15, -0.1) is 0 Å². The van der Waals surface area contributed by atoms with Crippen LogP contribution < -0.4 is 5.32 Å². The molecule has 1 unspecified atom stereocenters. The number of benzene rings is 2. The molecular formula is C16H17N. The molecule has 1 heteroatoms. The summed E-state index contributed by atoms with van der Waals surface area (Å²) in [6.45, 7) is 5.33. The molecule has 1 aliphatic heterocycles. The first-order valence-corrected chi connectivity index (χ1v) is 6.14. The maximum atomic E-state index is 3.61. The fourth-order valence-corrected chi connectivity index (χ4v) is 2.70. The summed E-state index contributed by atoms with van der Waals surface area (Å²) >= 11 is 0. The molecule has 0 aliphatic carbocycles. The van der Waals surface area contributed by atoms with Crippen LogP contribution in [0, 0.1) is 13.8 Å². The quantitative estimate of drug-likeness (QED) is 0.780. The highest BCUT2D eigenvalue weighted by molar-refractivity contribution is 5.45. The molecule has 0 saturated carbocycles. The van der Waals surface area contributed by atoms with Gasteiger partial charge in [-0.25, -0.2) is 0 Å². The molecule has 1 N–H and O–H groups in total. The second-order valence-electron chi connectivity index (χ2n) is 4.87. The van der Waals surface area contributed by atoms with Crippen molar-refractivity contribution in [2.24, 2.45) is 0 Å². The fourth-order valence-electron chi connectivity index (χ4n) is 2.70. The third-order valence-electron chi connectivity index (χ3n) is 3.62. The fraction of sp³-hybridized carbons (Fsp3) is 0.250. The third kappa shape index (κ3) is 1.77. The van der Waals surface area contributed by atoms with E-state index in [1.54, 1.807) is 0 Å². The summed E-state index contributed by atoms with van der Waals surface area (Å²) in [5.74, 6) is 0. The average Bonchev–Trinajstić information content (AvgIpc) is 2.74. The zero-order valence-electron chi connectivity index (χ0n) is 10.3. The molecule has 1 atom stereocenters. The Morgan fingerprint density at radius 3 is 2.71 bits per heavy atom. The Morgan fingerprint density at radius 2 is 1.88 bits per heavy atom. The Labute approximate surface area is 102 Å². The number of hydrogen-bond acceptors (Lipinski definition) is 1. The summed E-state index contributed by atoms with van der Waals surface area (Å²) in [5.41, 5.74) is 7.00. The monoisotopic (exact) mass is 223 g/mol. The molecule has 2 aromatic carbocycles. The van der Waals surface area contributed by atoms with Gasteiger partial charge in [-0.1, -0.05) is 48.0 Å². The van der Waals surface area contributed by atoms with Crippen molar-refractivity contribution in [1.29, 1.82) is 0 Å². The van der Waals surface area contributed by atoms with Crippen molar-refractivity contribution < 1.29 is 0 Å². The highest BCUT2D eigenvalue weighted by Crippen LogP contribution is 2.32. The largest absolute Gasteiger partial charge is 0.302 e. The SMILES string of the molecule is Cc1cccc(C2NCc3c(C)cccc32)c1. The van der Waals surface area contributed by atoms with E-state index in [1.165, 1.54) is 27.8 Å². The minimum atomic E-state index is 0.366. The molecule has 2 aromatic rings. The van der Waals surface area contributed by atoms with E-state index in [9.17, 15) is 0 Å². The van der Waals surface area contributed by atoms with Crippen molar-refractivity contribution in [2.75, 3.05) is 0 Å². The van der Waals surface area contributed by atoms with Crippen molar-refractivity contribution in [3.63, 3.8) is 0 Å². The lowest BCUT2D eigenvalue weighted by Crippen LogP contribution is -2.13. The summed E-state index contributed by atoms with van der Waals surface area (Å²) in [6, 6.07) is 15.7. The van der Waals surface area contributed by atoms with E-state index in [1.807, 2.05) is 0 Å². The minimum Gasteiger partial charge on any atom is -0.302 e. The van der Waals surface area contributed by atoms with Crippen LogP contribution in [-0.2, 0) is 6.54 Å². The standard InChI is InChI=1S/C16H17N/c1-11-5-3-7-13(9-11)16-14-8-4-6-12(2)15(14)10-17-16/h3-9,16-17H,10H2,1-2H3. The summed E-state index contributed by atoms with van der Waals surface area (Å²) in [4.78, 5) is 0. The zero-order chi connectivity index (χ0) is 11.8. The number of hydrogen-bond donors (Lipinski definition) is 1. The van der Waals surface area contributed by atoms with Crippen molar-refractivity contribution in [1.82, 2.24) is 5.32 Å². The average molecular weight is 223 g/mol. The lowest BCUT2D eigenvalue weighted by molar-refractivity contribution is 0.666. The highest BCUT2D eigenvalue weighted by Gasteiger charge is 2.23. The van der Waals surface area contributed by atoms with Gasteiger partial charge >= 0.3 is 0 Å². The summed E-state index contributed by atoms with van der Waals surface area (Å²) in [5, 5.41) is 3.61. The van der Waals surface area contributed by atoms with Crippen LogP contribution in [0.2, 0.25) is 0 Å². The van der Waals surface area contributed by atoms with Crippen LogP contribution in [0.3, 0.4) is 0 Å². The molecule has 0 radical (unpaired) electrons. The number of nitrogens with one attached hydrogen (secondary N) is 1. The van der Waals surface area contributed by atoms with Gasteiger partial charge in [0.1, 0.15) is 0 Å². The first kappa shape index (κ1) is 10.5. The molecule has 0 amide bonds. The van der Waals surface area contributed by atoms with E-state index < -0.39 is 0 Å². The highest BCUT2D eigenvalue weighted by atomic mass is 14.9. The van der Waals surface area contributed by atoms with E-state index in [0.29, 0.717) is 6.04 Å². The van der Waals surface area contributed by atoms with Crippen LogP contribution in [0.5, 0.6) is 0 Å². The zero-order valence-corrected chi connectivity index (χ0v) is 10.3. The third-order valence-corrected chi connectivity index (χ3v) is 3.62. The van der Waals surface area contributed by atoms with Gasteiger partial charge in [-0.05, 0) is 36.1 Å². The maximum Gasteiger partial charge on any atom is 0.0582 e. The Balaban J connectivity index is 2.07. The van der Waals surface area contributed by atoms with Gasteiger partial charge in [0.25, 0.3) is 0 Å². The van der Waals surface area contributed by atoms with Gasteiger partial charge in [-0.2, -0.15) is 0 Å². The van der Waals surface area contributed by atoms with Gasteiger partial charge in [0.05, 0.1) is 6.04 Å². The molecule has 17 heavy (non-hydrogen) atoms. The molecule has 0 spiro atoms. The first-order chi connectivity index (χ1) is 8.25. The molecule has 0 aromatic heterocycles. The Bertz CT molecular complexity index is 557. The van der Waals surface area contributed by atoms with Crippen LogP contribution in [0.25, 0.3) is 0 Å². The Morgan fingerprint density at radius 1 is 1.06 bits per heavy atom. The lowest BCUT2D eigenvalue weighted by atomic mass is 9.95. The summed E-state index contributed by atoms with van der Waals surface area (Å²) < 4.78 is 0. The van der Waals surface area contributed by atoms with Gasteiger partial charge in [-0.3, -0.25) is 0 Å². The van der Waals surface area contributed by atoms with E-state index >= 15 is 0 Å². The predicted octanol–water partition coefficient (Wildman–Crippen LogP) is 3.50. The smallest absolute Gasteiger partial charge is 0.0582 e. The number of fused-ring (bicyclic) bond motifs is 1. The van der Waals surface area contributed by atoms with Crippen LogP contribution in [0.15, 0.2) is 42.5 Å². The molecule has 1 aliphatic rings. The summed E-state index contributed by atoms with van der Waals surface area (Å²) in [6.07, 6.45) is 0. The molecule has 86 valence electrons. The first-order valence-electron chi connectivity index (χ1n) is 6.14. The molecular weight excluding hydrogens is 206 g/mol. The molecule has 0 bridgehead atoms. The molecule has 1 heterocycles. The van der Waals surface area contributed by atoms with E-state index in [4.69, 9.17) is 0 Å². The summed E-state index contributed by atoms with van der Waals surface area (Å²) in [7, 11) is 0. The normalized spacial score (nSPS) is 18.1. The molecule has 1 nitrogen and oxygen atoms in total. The van der Waals surface area contributed by atoms with Crippen molar-refractivity contribution in [3.8, 4) is 0 Å². The van der Waals surface area contributed by atoms with E-state index in [0.717, 1.165) is 6.54 Å². The van der Waals surface area contributed by atoms with Crippen molar-refractivity contribution in [2.45, 2.75) is 26.4 Å². The maximum absolute atomic E-state index is 3.61. The molecule has 3 rings (SSSR count). The van der Waals surface area contributed by atoms with Crippen LogP contribution in [0.4, 0.5) is 0 Å². The van der Waals surface area contributed by atoms with Crippen LogP contribution in [0.1, 0.15) is 33.9 Å². The lowest BCUT2D eigenvalue weighted by Gasteiger charge is -2.13. The van der Waals surface area contributed by atoms with Gasteiger partial charge in [0.15, 0.2) is 0 Å². The number of rotatable bonds is 1. The second-order valence-corrected chi connectivity index (χ2v) is 4.87. The Kier molecular flexibility index (Phi) is 2.49. The van der Waals surface area contributed by atoms with E-state index in [-0.39, 0.29) is 0 Å². The number of aryl methyl sites for hydroxylation is 2. The van der Waals surface area contributed by atoms with Gasteiger partial charge in [0.2, 0.25) is 0 Å². The Hall–Kier alpha value is -1.60. The van der Waals surface area contributed by atoms with Crippen LogP contribution >= 0.6 is 0 Å². The topological polar surface area (TPSA) is 12.0 Å². The van der Waals surface area contributed by atoms with Gasteiger partial charge < -0.3 is 5.32 Å². The van der Waals surface area contributed by atoms with Gasteiger partial charge in [0, 0.05) is 6.54 Å². The predicted molar refractivity (Wildman–Crippen MR) is 71.0 cm³/mol. The molecule has 0 fully saturated rings. The second kappa shape index (κ2) is 4.01. The minimum absolute atomic E-state index is 0.366. The van der Waals surface area contributed by atoms with Crippen LogP contribution in [-0.4, -0.2) is 0 Å². The molecule has 0 saturated heterocycles. The van der Waals surface area contributed by atoms with E-state index in [2.05, 4.69) is 61.6 Å². The van der Waals surface area contributed by atoms with Crippen molar-refractivity contribution >= 4 is 0 Å². The van der Waals surface area contributed by atoms with Crippen molar-refractivity contribution in [3.05, 3.63) is 70.3 Å².